The molecule has 0 radical (unpaired) electrons. The van der Waals surface area contributed by atoms with Gasteiger partial charge in [-0.2, -0.15) is 0 Å². The Balaban J connectivity index is 1.53. The minimum absolute atomic E-state index is 0.0666. The maximum absolute atomic E-state index is 12.0. The number of amides is 1. The fourth-order valence-corrected chi connectivity index (χ4v) is 2.88. The molecule has 120 valence electrons. The Bertz CT molecular complexity index is 703. The predicted molar refractivity (Wildman–Crippen MR) is 94.9 cm³/mol. The van der Waals surface area contributed by atoms with Crippen LogP contribution >= 0.6 is 0 Å². The van der Waals surface area contributed by atoms with Gasteiger partial charge in [0.25, 0.3) is 5.91 Å². The molecule has 0 aliphatic heterocycles. The molecule has 23 heavy (non-hydrogen) atoms. The minimum Gasteiger partial charge on any atom is -0.376 e. The summed E-state index contributed by atoms with van der Waals surface area (Å²) in [6.07, 6.45) is 7.97. The lowest BCUT2D eigenvalue weighted by Crippen LogP contribution is -2.40. The number of nitrogens with one attached hydrogen (secondary N) is 3. The minimum atomic E-state index is -0.0666. The summed E-state index contributed by atoms with van der Waals surface area (Å²) < 4.78 is 0. The van der Waals surface area contributed by atoms with Gasteiger partial charge in [-0.05, 0) is 37.1 Å². The van der Waals surface area contributed by atoms with Crippen molar-refractivity contribution >= 4 is 22.4 Å². The van der Waals surface area contributed by atoms with Gasteiger partial charge in [0, 0.05) is 16.8 Å². The van der Waals surface area contributed by atoms with Crippen molar-refractivity contribution < 1.29 is 4.79 Å². The van der Waals surface area contributed by atoms with Crippen molar-refractivity contribution in [3.05, 3.63) is 54.2 Å². The first kappa shape index (κ1) is 15.4. The highest BCUT2D eigenvalue weighted by atomic mass is 16.2. The van der Waals surface area contributed by atoms with Crippen LogP contribution in [0.25, 0.3) is 10.8 Å². The standard InChI is InChI=1S/C19H23N3O/c23-19(22-21-16-10-3-1-2-4-11-16)14-20-18-13-7-9-15-8-5-6-12-17(15)18/h5-10,12-13,20-21H,1-4,11,14H2,(H,22,23). The SMILES string of the molecule is O=C(CNc1cccc2ccccc12)NNC1=CCCCCC1. The number of anilines is 1. The number of carbonyl (C=O) groups is 1. The van der Waals surface area contributed by atoms with Crippen LogP contribution in [-0.2, 0) is 4.79 Å². The van der Waals surface area contributed by atoms with Crippen LogP contribution in [0.15, 0.2) is 54.2 Å². The molecule has 0 heterocycles. The number of hydrogen-bond acceptors (Lipinski definition) is 3. The number of hydrogen-bond donors (Lipinski definition) is 3. The van der Waals surface area contributed by atoms with E-state index in [2.05, 4.69) is 40.4 Å². The van der Waals surface area contributed by atoms with Crippen molar-refractivity contribution in [2.45, 2.75) is 32.1 Å². The lowest BCUT2D eigenvalue weighted by molar-refractivity contribution is -0.120. The average molecular weight is 309 g/mol. The van der Waals surface area contributed by atoms with E-state index in [-0.39, 0.29) is 12.5 Å². The second-order valence-corrected chi connectivity index (χ2v) is 5.88. The normalized spacial score (nSPS) is 14.7. The van der Waals surface area contributed by atoms with Gasteiger partial charge in [-0.25, -0.2) is 0 Å². The van der Waals surface area contributed by atoms with Gasteiger partial charge in [0.1, 0.15) is 0 Å². The molecule has 4 nitrogen and oxygen atoms in total. The molecule has 0 saturated heterocycles. The van der Waals surface area contributed by atoms with Crippen LogP contribution < -0.4 is 16.2 Å². The van der Waals surface area contributed by atoms with Crippen LogP contribution in [0.3, 0.4) is 0 Å². The number of hydrazine groups is 1. The highest BCUT2D eigenvalue weighted by Crippen LogP contribution is 2.22. The molecule has 1 aliphatic carbocycles. The highest BCUT2D eigenvalue weighted by Gasteiger charge is 2.06. The second-order valence-electron chi connectivity index (χ2n) is 5.88. The lowest BCUT2D eigenvalue weighted by atomic mass is 10.1. The molecule has 0 saturated carbocycles. The van der Waals surface area contributed by atoms with Gasteiger partial charge >= 0.3 is 0 Å². The molecule has 3 N–H and O–H groups in total. The monoisotopic (exact) mass is 309 g/mol. The van der Waals surface area contributed by atoms with Crippen LogP contribution in [0.4, 0.5) is 5.69 Å². The van der Waals surface area contributed by atoms with E-state index in [9.17, 15) is 4.79 Å². The van der Waals surface area contributed by atoms with Gasteiger partial charge in [0.15, 0.2) is 0 Å². The second kappa shape index (κ2) is 7.68. The van der Waals surface area contributed by atoms with Crippen LogP contribution in [0.5, 0.6) is 0 Å². The van der Waals surface area contributed by atoms with E-state index in [1.54, 1.807) is 0 Å². The fraction of sp³-hybridized carbons (Fsp3) is 0.316. The Kier molecular flexibility index (Phi) is 5.14. The maximum atomic E-state index is 12.0. The zero-order chi connectivity index (χ0) is 15.9. The fourth-order valence-electron chi connectivity index (χ4n) is 2.88. The number of fused-ring (bicyclic) bond motifs is 1. The average Bonchev–Trinajstić information content (AvgIpc) is 2.87. The Morgan fingerprint density at radius 3 is 2.83 bits per heavy atom. The first-order valence-corrected chi connectivity index (χ1v) is 8.28. The van der Waals surface area contributed by atoms with Crippen molar-refractivity contribution in [2.24, 2.45) is 0 Å². The zero-order valence-electron chi connectivity index (χ0n) is 13.3. The molecule has 3 rings (SSSR count). The van der Waals surface area contributed by atoms with Gasteiger partial charge < -0.3 is 10.7 Å². The summed E-state index contributed by atoms with van der Waals surface area (Å²) in [5.74, 6) is -0.0666. The number of benzene rings is 2. The van der Waals surface area contributed by atoms with Crippen molar-refractivity contribution in [3.8, 4) is 0 Å². The first-order valence-electron chi connectivity index (χ1n) is 8.28. The van der Waals surface area contributed by atoms with Gasteiger partial charge in [-0.1, -0.05) is 48.9 Å². The summed E-state index contributed by atoms with van der Waals surface area (Å²) in [7, 11) is 0. The van der Waals surface area contributed by atoms with Crippen LogP contribution in [0.2, 0.25) is 0 Å². The molecule has 4 heteroatoms. The quantitative estimate of drug-likeness (QED) is 0.738. The smallest absolute Gasteiger partial charge is 0.257 e. The van der Waals surface area contributed by atoms with Gasteiger partial charge in [0.2, 0.25) is 0 Å². The zero-order valence-corrected chi connectivity index (χ0v) is 13.3. The Labute approximate surface area is 136 Å². The Hall–Kier alpha value is -2.49. The largest absolute Gasteiger partial charge is 0.376 e. The maximum Gasteiger partial charge on any atom is 0.257 e. The molecule has 0 unspecified atom stereocenters. The van der Waals surface area contributed by atoms with E-state index in [0.29, 0.717) is 0 Å². The van der Waals surface area contributed by atoms with Crippen LogP contribution in [0.1, 0.15) is 32.1 Å². The van der Waals surface area contributed by atoms with Crippen molar-refractivity contribution in [1.29, 1.82) is 0 Å². The number of carbonyl (C=O) groups excluding carboxylic acids is 1. The summed E-state index contributed by atoms with van der Waals surface area (Å²) >= 11 is 0. The Morgan fingerprint density at radius 2 is 1.87 bits per heavy atom. The predicted octanol–water partition coefficient (Wildman–Crippen LogP) is 3.72. The molecule has 2 aromatic rings. The number of allylic oxidation sites excluding steroid dienone is 2. The molecular weight excluding hydrogens is 286 g/mol. The molecule has 0 atom stereocenters. The van der Waals surface area contributed by atoms with E-state index in [1.807, 2.05) is 24.3 Å². The summed E-state index contributed by atoms with van der Waals surface area (Å²) in [5, 5.41) is 5.51. The first-order chi connectivity index (χ1) is 11.3. The molecule has 2 aromatic carbocycles. The third-order valence-electron chi connectivity index (χ3n) is 4.13. The summed E-state index contributed by atoms with van der Waals surface area (Å²) in [6, 6.07) is 14.2. The summed E-state index contributed by atoms with van der Waals surface area (Å²) in [5.41, 5.74) is 7.94. The van der Waals surface area contributed by atoms with Crippen molar-refractivity contribution in [3.63, 3.8) is 0 Å². The van der Waals surface area contributed by atoms with Gasteiger partial charge in [-0.15, -0.1) is 0 Å². The van der Waals surface area contributed by atoms with Crippen LogP contribution in [0, 0.1) is 0 Å². The van der Waals surface area contributed by atoms with Crippen molar-refractivity contribution in [1.82, 2.24) is 10.9 Å². The van der Waals surface area contributed by atoms with Crippen LogP contribution in [-0.4, -0.2) is 12.5 Å². The molecule has 0 fully saturated rings. The number of rotatable bonds is 5. The van der Waals surface area contributed by atoms with E-state index in [1.165, 1.54) is 24.6 Å². The van der Waals surface area contributed by atoms with E-state index >= 15 is 0 Å². The van der Waals surface area contributed by atoms with E-state index in [4.69, 9.17) is 0 Å². The summed E-state index contributed by atoms with van der Waals surface area (Å²) in [6.45, 7) is 0.244. The van der Waals surface area contributed by atoms with E-state index < -0.39 is 0 Å². The molecular formula is C19H23N3O. The molecule has 1 amide bonds. The lowest BCUT2D eigenvalue weighted by Gasteiger charge is -2.13. The molecule has 0 aromatic heterocycles. The van der Waals surface area contributed by atoms with Crippen molar-refractivity contribution in [2.75, 3.05) is 11.9 Å². The van der Waals surface area contributed by atoms with Gasteiger partial charge in [-0.3, -0.25) is 10.2 Å². The summed E-state index contributed by atoms with van der Waals surface area (Å²) in [4.78, 5) is 12.0. The van der Waals surface area contributed by atoms with Gasteiger partial charge in [0.05, 0.1) is 6.54 Å². The molecule has 0 spiro atoms. The highest BCUT2D eigenvalue weighted by molar-refractivity contribution is 5.95. The molecule has 1 aliphatic rings. The Morgan fingerprint density at radius 1 is 1.00 bits per heavy atom. The van der Waals surface area contributed by atoms with E-state index in [0.717, 1.165) is 29.6 Å². The molecule has 0 bridgehead atoms. The third kappa shape index (κ3) is 4.25. The topological polar surface area (TPSA) is 53.2 Å². The third-order valence-corrected chi connectivity index (χ3v) is 4.13.